The number of thiophene rings is 1. The number of hydrogen-bond acceptors (Lipinski definition) is 6. The fourth-order valence-corrected chi connectivity index (χ4v) is 4.32. The van der Waals surface area contributed by atoms with E-state index in [2.05, 4.69) is 10.0 Å². The van der Waals surface area contributed by atoms with Gasteiger partial charge in [0.05, 0.1) is 0 Å². The molecular weight excluding hydrogens is 398 g/mol. The molecule has 0 radical (unpaired) electrons. The standard InChI is InChI=1S/C19H15N3O4S2/c20-11-12-26-17-9-7-15(8-10-17)21-19(23)14-3-5-16(6-4-14)22-28(24,25)18-2-1-13-27-18/h1-10,13,22H,12H2,(H,21,23). The first kappa shape index (κ1) is 19.4. The number of hydrogen-bond donors (Lipinski definition) is 2. The van der Waals surface area contributed by atoms with E-state index in [9.17, 15) is 13.2 Å². The summed E-state index contributed by atoms with van der Waals surface area (Å²) in [6, 6.07) is 17.8. The summed E-state index contributed by atoms with van der Waals surface area (Å²) in [6.45, 7) is -0.0473. The zero-order valence-corrected chi connectivity index (χ0v) is 16.1. The molecule has 0 unspecified atom stereocenters. The Morgan fingerprint density at radius 2 is 1.71 bits per heavy atom. The highest BCUT2D eigenvalue weighted by molar-refractivity contribution is 7.94. The number of rotatable bonds is 7. The second-order valence-electron chi connectivity index (χ2n) is 5.54. The van der Waals surface area contributed by atoms with E-state index in [1.54, 1.807) is 35.7 Å². The van der Waals surface area contributed by atoms with Crippen LogP contribution in [0.15, 0.2) is 70.3 Å². The number of nitriles is 1. The molecular formula is C19H15N3O4S2. The molecule has 3 rings (SSSR count). The van der Waals surface area contributed by atoms with Gasteiger partial charge >= 0.3 is 0 Å². The molecule has 0 aliphatic rings. The molecule has 2 aromatic carbocycles. The highest BCUT2D eigenvalue weighted by Crippen LogP contribution is 2.21. The van der Waals surface area contributed by atoms with E-state index in [-0.39, 0.29) is 16.7 Å². The van der Waals surface area contributed by atoms with Crippen LogP contribution in [0.2, 0.25) is 0 Å². The van der Waals surface area contributed by atoms with E-state index in [0.29, 0.717) is 22.7 Å². The maximum atomic E-state index is 12.3. The topological polar surface area (TPSA) is 108 Å². The lowest BCUT2D eigenvalue weighted by molar-refractivity contribution is 0.102. The van der Waals surface area contributed by atoms with Gasteiger partial charge in [-0.25, -0.2) is 8.42 Å². The largest absolute Gasteiger partial charge is 0.479 e. The minimum Gasteiger partial charge on any atom is -0.479 e. The first-order valence-corrected chi connectivity index (χ1v) is 10.4. The van der Waals surface area contributed by atoms with Crippen molar-refractivity contribution in [1.29, 1.82) is 5.26 Å². The molecule has 3 aromatic rings. The van der Waals surface area contributed by atoms with E-state index in [1.165, 1.54) is 30.3 Å². The minimum absolute atomic E-state index is 0.0473. The zero-order chi connectivity index (χ0) is 20.0. The van der Waals surface area contributed by atoms with Crippen LogP contribution in [0.3, 0.4) is 0 Å². The van der Waals surface area contributed by atoms with Crippen LogP contribution in [0.25, 0.3) is 0 Å². The Morgan fingerprint density at radius 3 is 2.32 bits per heavy atom. The van der Waals surface area contributed by atoms with Gasteiger partial charge < -0.3 is 10.1 Å². The number of benzene rings is 2. The monoisotopic (exact) mass is 413 g/mol. The smallest absolute Gasteiger partial charge is 0.271 e. The summed E-state index contributed by atoms with van der Waals surface area (Å²) >= 11 is 1.12. The Morgan fingerprint density at radius 1 is 1.04 bits per heavy atom. The van der Waals surface area contributed by atoms with E-state index in [0.717, 1.165) is 11.3 Å². The van der Waals surface area contributed by atoms with Crippen LogP contribution in [-0.4, -0.2) is 20.9 Å². The van der Waals surface area contributed by atoms with Crippen LogP contribution in [0.1, 0.15) is 10.4 Å². The summed E-state index contributed by atoms with van der Waals surface area (Å²) in [6.07, 6.45) is 0. The molecule has 0 aliphatic heterocycles. The summed E-state index contributed by atoms with van der Waals surface area (Å²) in [5.41, 5.74) is 1.31. The summed E-state index contributed by atoms with van der Waals surface area (Å²) in [5, 5.41) is 12.9. The lowest BCUT2D eigenvalue weighted by atomic mass is 10.2. The van der Waals surface area contributed by atoms with Crippen LogP contribution < -0.4 is 14.8 Å². The Hall–Kier alpha value is -3.35. The molecule has 7 nitrogen and oxygen atoms in total. The first-order valence-electron chi connectivity index (χ1n) is 8.05. The van der Waals surface area contributed by atoms with Crippen LogP contribution in [0.4, 0.5) is 11.4 Å². The Bertz CT molecular complexity index is 1090. The van der Waals surface area contributed by atoms with Gasteiger partial charge in [0, 0.05) is 16.9 Å². The van der Waals surface area contributed by atoms with E-state index >= 15 is 0 Å². The maximum Gasteiger partial charge on any atom is 0.271 e. The number of carbonyl (C=O) groups is 1. The molecule has 1 amide bonds. The van der Waals surface area contributed by atoms with Crippen molar-refractivity contribution in [1.82, 2.24) is 0 Å². The molecule has 1 heterocycles. The van der Waals surface area contributed by atoms with Gasteiger partial charge in [0.15, 0.2) is 6.61 Å². The third kappa shape index (κ3) is 4.88. The molecule has 0 aliphatic carbocycles. The van der Waals surface area contributed by atoms with Gasteiger partial charge in [0.25, 0.3) is 15.9 Å². The van der Waals surface area contributed by atoms with Crippen molar-refractivity contribution in [3.8, 4) is 11.8 Å². The van der Waals surface area contributed by atoms with Gasteiger partial charge in [0.1, 0.15) is 16.0 Å². The normalized spacial score (nSPS) is 10.7. The van der Waals surface area contributed by atoms with E-state index in [1.807, 2.05) is 6.07 Å². The first-order chi connectivity index (χ1) is 13.5. The predicted octanol–water partition coefficient (Wildman–Crippen LogP) is 3.70. The second kappa shape index (κ2) is 8.56. The highest BCUT2D eigenvalue weighted by Gasteiger charge is 2.15. The van der Waals surface area contributed by atoms with Crippen molar-refractivity contribution < 1.29 is 17.9 Å². The van der Waals surface area contributed by atoms with Gasteiger partial charge in [0.2, 0.25) is 0 Å². The number of amides is 1. The minimum atomic E-state index is -3.63. The van der Waals surface area contributed by atoms with Gasteiger partial charge in [-0.3, -0.25) is 9.52 Å². The molecule has 9 heteroatoms. The molecule has 2 N–H and O–H groups in total. The number of sulfonamides is 1. The molecule has 142 valence electrons. The van der Waals surface area contributed by atoms with Crippen molar-refractivity contribution in [2.24, 2.45) is 0 Å². The average molecular weight is 413 g/mol. The molecule has 28 heavy (non-hydrogen) atoms. The van der Waals surface area contributed by atoms with Crippen molar-refractivity contribution in [3.63, 3.8) is 0 Å². The van der Waals surface area contributed by atoms with Gasteiger partial charge in [-0.2, -0.15) is 5.26 Å². The average Bonchev–Trinajstić information content (AvgIpc) is 3.24. The fourth-order valence-electron chi connectivity index (χ4n) is 2.26. The molecule has 0 spiro atoms. The van der Waals surface area contributed by atoms with Crippen molar-refractivity contribution in [3.05, 3.63) is 71.6 Å². The lowest BCUT2D eigenvalue weighted by Gasteiger charge is -2.09. The molecule has 0 fully saturated rings. The van der Waals surface area contributed by atoms with Gasteiger partial charge in [-0.1, -0.05) is 6.07 Å². The fraction of sp³-hybridized carbons (Fsp3) is 0.0526. The number of ether oxygens (including phenoxy) is 1. The summed E-state index contributed by atoms with van der Waals surface area (Å²) in [4.78, 5) is 12.3. The number of carbonyl (C=O) groups excluding carboxylic acids is 1. The van der Waals surface area contributed by atoms with Crippen LogP contribution in [0, 0.1) is 11.3 Å². The van der Waals surface area contributed by atoms with E-state index in [4.69, 9.17) is 10.00 Å². The Balaban J connectivity index is 1.63. The second-order valence-corrected chi connectivity index (χ2v) is 8.40. The van der Waals surface area contributed by atoms with Crippen molar-refractivity contribution >= 4 is 38.6 Å². The maximum absolute atomic E-state index is 12.3. The molecule has 0 bridgehead atoms. The van der Waals surface area contributed by atoms with Gasteiger partial charge in [-0.15, -0.1) is 11.3 Å². The van der Waals surface area contributed by atoms with Crippen LogP contribution in [0.5, 0.6) is 5.75 Å². The third-order valence-corrected chi connectivity index (χ3v) is 6.35. The Kier molecular flexibility index (Phi) is 5.93. The van der Waals surface area contributed by atoms with Crippen LogP contribution >= 0.6 is 11.3 Å². The quantitative estimate of drug-likeness (QED) is 0.614. The molecule has 0 saturated heterocycles. The number of nitrogens with one attached hydrogen (secondary N) is 2. The van der Waals surface area contributed by atoms with Crippen LogP contribution in [-0.2, 0) is 10.0 Å². The van der Waals surface area contributed by atoms with Crippen molar-refractivity contribution in [2.75, 3.05) is 16.6 Å². The summed E-state index contributed by atoms with van der Waals surface area (Å²) in [5.74, 6) is 0.195. The predicted molar refractivity (Wildman–Crippen MR) is 107 cm³/mol. The number of nitrogens with zero attached hydrogens (tertiary/aromatic N) is 1. The number of anilines is 2. The van der Waals surface area contributed by atoms with Gasteiger partial charge in [-0.05, 0) is 60.0 Å². The summed E-state index contributed by atoms with van der Waals surface area (Å²) in [7, 11) is -3.63. The van der Waals surface area contributed by atoms with E-state index < -0.39 is 10.0 Å². The zero-order valence-electron chi connectivity index (χ0n) is 14.5. The molecule has 0 atom stereocenters. The summed E-state index contributed by atoms with van der Waals surface area (Å²) < 4.78 is 32.3. The highest BCUT2D eigenvalue weighted by atomic mass is 32.2. The third-order valence-electron chi connectivity index (χ3n) is 3.57. The molecule has 1 aromatic heterocycles. The molecule has 0 saturated carbocycles. The SMILES string of the molecule is N#CCOc1ccc(NC(=O)c2ccc(NS(=O)(=O)c3cccs3)cc2)cc1. The van der Waals surface area contributed by atoms with Crippen molar-refractivity contribution in [2.45, 2.75) is 4.21 Å². The Labute approximate surface area is 166 Å². The lowest BCUT2D eigenvalue weighted by Crippen LogP contribution is -2.13.